The largest absolute Gasteiger partial charge is 0.396 e. The van der Waals surface area contributed by atoms with Gasteiger partial charge >= 0.3 is 0 Å². The summed E-state index contributed by atoms with van der Waals surface area (Å²) in [6, 6.07) is 9.91. The van der Waals surface area contributed by atoms with Gasteiger partial charge in [0.15, 0.2) is 0 Å². The van der Waals surface area contributed by atoms with Crippen LogP contribution >= 0.6 is 0 Å². The standard InChI is InChI=1S/C20H23N3O3/c24-12-15-16-10-23(13-20(16)7-6-17(15)26-20)18(25)11-22-9-8-21-19(22)14-4-2-1-3-5-14/h1-5,8-9,15-17,24H,6-7,10-13H2/t15-,16+,17+,20+/m1/s1. The topological polar surface area (TPSA) is 67.6 Å². The molecule has 1 aromatic heterocycles. The zero-order valence-corrected chi connectivity index (χ0v) is 14.6. The SMILES string of the molecule is O=C(Cn1ccnc1-c1ccccc1)N1C[C@H]2[C@@H](CO)[C@@H]3CC[C@@]2(C1)O3. The van der Waals surface area contributed by atoms with E-state index in [9.17, 15) is 9.90 Å². The van der Waals surface area contributed by atoms with Crippen LogP contribution in [0.1, 0.15) is 12.8 Å². The number of rotatable bonds is 4. The highest BCUT2D eigenvalue weighted by molar-refractivity contribution is 5.77. The number of aliphatic hydroxyl groups is 1. The van der Waals surface area contributed by atoms with Gasteiger partial charge in [0.05, 0.1) is 18.2 Å². The summed E-state index contributed by atoms with van der Waals surface area (Å²) in [4.78, 5) is 19.3. The third-order valence-electron chi connectivity index (χ3n) is 6.40. The predicted octanol–water partition coefficient (Wildman–Crippen LogP) is 1.55. The quantitative estimate of drug-likeness (QED) is 0.906. The molecule has 1 N–H and O–H groups in total. The molecule has 0 radical (unpaired) electrons. The molecule has 3 saturated heterocycles. The van der Waals surface area contributed by atoms with E-state index in [1.807, 2.05) is 46.0 Å². The zero-order valence-electron chi connectivity index (χ0n) is 14.6. The van der Waals surface area contributed by atoms with E-state index in [2.05, 4.69) is 4.98 Å². The third kappa shape index (κ3) is 2.32. The van der Waals surface area contributed by atoms with Crippen LogP contribution in [0.15, 0.2) is 42.7 Å². The zero-order chi connectivity index (χ0) is 17.7. The van der Waals surface area contributed by atoms with Crippen LogP contribution in [0.4, 0.5) is 0 Å². The molecule has 5 rings (SSSR count). The summed E-state index contributed by atoms with van der Waals surface area (Å²) in [5.41, 5.74) is 0.787. The minimum atomic E-state index is -0.217. The fraction of sp³-hybridized carbons (Fsp3) is 0.500. The minimum absolute atomic E-state index is 0.0905. The number of imidazole rings is 1. The van der Waals surface area contributed by atoms with E-state index in [0.29, 0.717) is 13.1 Å². The highest BCUT2D eigenvalue weighted by Crippen LogP contribution is 2.54. The Kier molecular flexibility index (Phi) is 3.65. The fourth-order valence-electron chi connectivity index (χ4n) is 5.15. The molecule has 3 fully saturated rings. The summed E-state index contributed by atoms with van der Waals surface area (Å²) in [7, 11) is 0. The maximum atomic E-state index is 13.0. The summed E-state index contributed by atoms with van der Waals surface area (Å²) < 4.78 is 8.13. The van der Waals surface area contributed by atoms with Crippen molar-refractivity contribution < 1.29 is 14.6 Å². The van der Waals surface area contributed by atoms with Crippen molar-refractivity contribution in [2.75, 3.05) is 19.7 Å². The van der Waals surface area contributed by atoms with Gasteiger partial charge < -0.3 is 19.3 Å². The van der Waals surface area contributed by atoms with Crippen LogP contribution in [-0.2, 0) is 16.1 Å². The number of aromatic nitrogens is 2. The Labute approximate surface area is 152 Å². The maximum absolute atomic E-state index is 13.0. The molecule has 4 atom stereocenters. The van der Waals surface area contributed by atoms with Crippen LogP contribution in [0.2, 0.25) is 0 Å². The molecule has 26 heavy (non-hydrogen) atoms. The van der Waals surface area contributed by atoms with E-state index in [1.54, 1.807) is 6.20 Å². The molecule has 1 amide bonds. The lowest BCUT2D eigenvalue weighted by molar-refractivity contribution is -0.132. The van der Waals surface area contributed by atoms with Crippen molar-refractivity contribution in [3.63, 3.8) is 0 Å². The molecule has 3 aliphatic heterocycles. The van der Waals surface area contributed by atoms with Crippen LogP contribution in [0, 0.1) is 11.8 Å². The fourth-order valence-corrected chi connectivity index (χ4v) is 5.15. The number of carbonyl (C=O) groups is 1. The van der Waals surface area contributed by atoms with E-state index in [0.717, 1.165) is 24.2 Å². The van der Waals surface area contributed by atoms with Crippen molar-refractivity contribution in [1.29, 1.82) is 0 Å². The number of aliphatic hydroxyl groups excluding tert-OH is 1. The number of benzene rings is 1. The number of hydrogen-bond donors (Lipinski definition) is 1. The Morgan fingerprint density at radius 2 is 2.19 bits per heavy atom. The van der Waals surface area contributed by atoms with Crippen molar-refractivity contribution in [3.8, 4) is 11.4 Å². The Morgan fingerprint density at radius 1 is 1.35 bits per heavy atom. The van der Waals surface area contributed by atoms with Gasteiger partial charge in [-0.2, -0.15) is 0 Å². The molecule has 3 aliphatic rings. The van der Waals surface area contributed by atoms with Gasteiger partial charge in [0.25, 0.3) is 0 Å². The number of fused-ring (bicyclic) bond motifs is 1. The summed E-state index contributed by atoms with van der Waals surface area (Å²) >= 11 is 0. The monoisotopic (exact) mass is 353 g/mol. The van der Waals surface area contributed by atoms with Gasteiger partial charge in [0.2, 0.25) is 5.91 Å². The number of hydrogen-bond acceptors (Lipinski definition) is 4. The van der Waals surface area contributed by atoms with E-state index in [-0.39, 0.29) is 42.6 Å². The normalized spacial score (nSPS) is 32.2. The lowest BCUT2D eigenvalue weighted by atomic mass is 9.74. The van der Waals surface area contributed by atoms with E-state index in [1.165, 1.54) is 0 Å². The second-order valence-electron chi connectivity index (χ2n) is 7.73. The Hall–Kier alpha value is -2.18. The van der Waals surface area contributed by atoms with Crippen LogP contribution in [0.5, 0.6) is 0 Å². The molecule has 6 nitrogen and oxygen atoms in total. The van der Waals surface area contributed by atoms with Crippen LogP contribution < -0.4 is 0 Å². The van der Waals surface area contributed by atoms with Crippen LogP contribution in [0.3, 0.4) is 0 Å². The molecule has 0 saturated carbocycles. The number of nitrogens with zero attached hydrogens (tertiary/aromatic N) is 3. The van der Waals surface area contributed by atoms with Crippen molar-refractivity contribution >= 4 is 5.91 Å². The average Bonchev–Trinajstić information content (AvgIpc) is 3.41. The highest BCUT2D eigenvalue weighted by atomic mass is 16.5. The first kappa shape index (κ1) is 16.0. The molecule has 0 aliphatic carbocycles. The van der Waals surface area contributed by atoms with Gasteiger partial charge in [0.1, 0.15) is 12.4 Å². The molecule has 1 aromatic carbocycles. The van der Waals surface area contributed by atoms with Gasteiger partial charge in [-0.25, -0.2) is 4.98 Å². The molecule has 2 bridgehead atoms. The molecule has 0 unspecified atom stereocenters. The first-order valence-electron chi connectivity index (χ1n) is 9.33. The molecule has 2 aromatic rings. The molecule has 6 heteroatoms. The Bertz CT molecular complexity index is 821. The van der Waals surface area contributed by atoms with E-state index < -0.39 is 0 Å². The minimum Gasteiger partial charge on any atom is -0.396 e. The van der Waals surface area contributed by atoms with Crippen molar-refractivity contribution in [2.24, 2.45) is 11.8 Å². The highest BCUT2D eigenvalue weighted by Gasteiger charge is 2.63. The number of carbonyl (C=O) groups excluding carboxylic acids is 1. The second-order valence-corrected chi connectivity index (χ2v) is 7.73. The van der Waals surface area contributed by atoms with Crippen molar-refractivity contribution in [2.45, 2.75) is 31.1 Å². The van der Waals surface area contributed by atoms with Crippen LogP contribution in [0.25, 0.3) is 11.4 Å². The van der Waals surface area contributed by atoms with Gasteiger partial charge in [-0.15, -0.1) is 0 Å². The summed E-state index contributed by atoms with van der Waals surface area (Å²) in [5.74, 6) is 1.34. The third-order valence-corrected chi connectivity index (χ3v) is 6.40. The molecular weight excluding hydrogens is 330 g/mol. The predicted molar refractivity (Wildman–Crippen MR) is 95.1 cm³/mol. The lowest BCUT2D eigenvalue weighted by Crippen LogP contribution is -2.38. The molecule has 4 heterocycles. The number of likely N-dealkylation sites (tertiary alicyclic amines) is 1. The lowest BCUT2D eigenvalue weighted by Gasteiger charge is -2.27. The number of amides is 1. The Morgan fingerprint density at radius 3 is 3.00 bits per heavy atom. The van der Waals surface area contributed by atoms with Crippen molar-refractivity contribution in [3.05, 3.63) is 42.7 Å². The smallest absolute Gasteiger partial charge is 0.242 e. The van der Waals surface area contributed by atoms with Gasteiger partial charge in [-0.3, -0.25) is 4.79 Å². The summed E-state index contributed by atoms with van der Waals surface area (Å²) in [6.45, 7) is 1.77. The van der Waals surface area contributed by atoms with E-state index >= 15 is 0 Å². The number of ether oxygens (including phenoxy) is 1. The van der Waals surface area contributed by atoms with Gasteiger partial charge in [-0.1, -0.05) is 30.3 Å². The summed E-state index contributed by atoms with van der Waals surface area (Å²) in [5, 5.41) is 9.73. The second kappa shape index (κ2) is 5.93. The maximum Gasteiger partial charge on any atom is 0.242 e. The van der Waals surface area contributed by atoms with Crippen LogP contribution in [-0.4, -0.2) is 56.9 Å². The molecule has 136 valence electrons. The van der Waals surface area contributed by atoms with Gasteiger partial charge in [-0.05, 0) is 12.8 Å². The van der Waals surface area contributed by atoms with Gasteiger partial charge in [0, 0.05) is 42.9 Å². The summed E-state index contributed by atoms with van der Waals surface area (Å²) in [6.07, 6.45) is 5.78. The average molecular weight is 353 g/mol. The Balaban J connectivity index is 1.33. The molecular formula is C20H23N3O3. The first-order valence-corrected chi connectivity index (χ1v) is 9.33. The first-order chi connectivity index (χ1) is 12.7. The molecule has 1 spiro atoms. The van der Waals surface area contributed by atoms with Crippen molar-refractivity contribution in [1.82, 2.24) is 14.5 Å². The van der Waals surface area contributed by atoms with E-state index in [4.69, 9.17) is 4.74 Å².